The van der Waals surface area contributed by atoms with Crippen molar-refractivity contribution in [1.29, 1.82) is 0 Å². The van der Waals surface area contributed by atoms with Crippen LogP contribution in [0.4, 0.5) is 39.5 Å². The van der Waals surface area contributed by atoms with Crippen molar-refractivity contribution in [1.82, 2.24) is 0 Å². The molecule has 0 aliphatic carbocycles. The Kier molecular flexibility index (Phi) is 6.09. The summed E-state index contributed by atoms with van der Waals surface area (Å²) in [5.74, 6) is -21.9. The van der Waals surface area contributed by atoms with Crippen LogP contribution in [-0.2, 0) is 12.3 Å². The van der Waals surface area contributed by atoms with Gasteiger partial charge in [-0.15, -0.1) is 0 Å². The van der Waals surface area contributed by atoms with Gasteiger partial charge in [0.1, 0.15) is 5.76 Å². The van der Waals surface area contributed by atoms with E-state index in [0.717, 1.165) is 0 Å². The minimum Gasteiger partial charge on any atom is -0.453 e. The van der Waals surface area contributed by atoms with Gasteiger partial charge in [0.05, 0.1) is 3.57 Å². The number of benzene rings is 1. The highest BCUT2D eigenvalue weighted by atomic mass is 127. The third-order valence-corrected chi connectivity index (χ3v) is 5.05. The van der Waals surface area contributed by atoms with Crippen LogP contribution in [0.3, 0.4) is 0 Å². The number of furan rings is 1. The van der Waals surface area contributed by atoms with Gasteiger partial charge >= 0.3 is 23.9 Å². The van der Waals surface area contributed by atoms with E-state index in [2.05, 4.69) is 0 Å². The van der Waals surface area contributed by atoms with Crippen molar-refractivity contribution in [3.63, 3.8) is 0 Å². The Hall–Kier alpha value is -1.40. The molecule has 0 unspecified atom stereocenters. The van der Waals surface area contributed by atoms with Gasteiger partial charge in [-0.3, -0.25) is 0 Å². The number of rotatable bonds is 6. The summed E-state index contributed by atoms with van der Waals surface area (Å²) in [5, 5.41) is 0. The molecule has 0 N–H and O–H groups in total. The van der Waals surface area contributed by atoms with Gasteiger partial charge in [0.25, 0.3) is 0 Å². The SMILES string of the molecule is CCCc1c(C(F)(F)C(F)(F)C(F)(F)C(F)(F)F)oc(-c2ccccc2)c1I. The first-order valence-corrected chi connectivity index (χ1v) is 8.85. The van der Waals surface area contributed by atoms with Gasteiger partial charge in [-0.2, -0.15) is 39.5 Å². The predicted octanol–water partition coefficient (Wildman–Crippen LogP) is 7.43. The van der Waals surface area contributed by atoms with E-state index in [1.165, 1.54) is 53.8 Å². The van der Waals surface area contributed by atoms with Crippen molar-refractivity contribution in [2.75, 3.05) is 0 Å². The minimum atomic E-state index is -6.97. The molecule has 1 aromatic carbocycles. The third kappa shape index (κ3) is 3.50. The second-order valence-corrected chi connectivity index (χ2v) is 6.97. The van der Waals surface area contributed by atoms with Gasteiger partial charge in [0.2, 0.25) is 0 Å². The summed E-state index contributed by atoms with van der Waals surface area (Å²) in [4.78, 5) is 0. The van der Waals surface area contributed by atoms with Crippen LogP contribution in [0.25, 0.3) is 11.3 Å². The smallest absolute Gasteiger partial charge is 0.453 e. The fourth-order valence-corrected chi connectivity index (χ4v) is 3.40. The average molecular weight is 530 g/mol. The molecule has 2 aromatic rings. The van der Waals surface area contributed by atoms with Crippen molar-refractivity contribution in [3.05, 3.63) is 45.2 Å². The van der Waals surface area contributed by atoms with Crippen LogP contribution in [0.1, 0.15) is 24.7 Å². The zero-order valence-corrected chi connectivity index (χ0v) is 16.1. The van der Waals surface area contributed by atoms with Crippen LogP contribution in [0.15, 0.2) is 34.7 Å². The molecular formula is C17H12F9IO. The van der Waals surface area contributed by atoms with Gasteiger partial charge < -0.3 is 4.42 Å². The molecule has 0 fully saturated rings. The zero-order valence-electron chi connectivity index (χ0n) is 14.0. The summed E-state index contributed by atoms with van der Waals surface area (Å²) in [6, 6.07) is 7.32. The molecule has 2 rings (SSSR count). The standard InChI is InChI=1S/C17H12F9IO/c1-2-6-10-11(27)12(9-7-4-3-5-8-9)28-13(10)14(18,19)15(20,21)16(22,23)17(24,25)26/h3-5,7-8H,2,6H2,1H3. The Morgan fingerprint density at radius 1 is 0.857 bits per heavy atom. The maximum absolute atomic E-state index is 14.4. The van der Waals surface area contributed by atoms with Gasteiger partial charge in [-0.25, -0.2) is 0 Å². The maximum Gasteiger partial charge on any atom is 0.460 e. The summed E-state index contributed by atoms with van der Waals surface area (Å²) in [5.41, 5.74) is -0.359. The summed E-state index contributed by atoms with van der Waals surface area (Å²) in [7, 11) is 0. The van der Waals surface area contributed by atoms with E-state index >= 15 is 0 Å². The molecule has 1 aromatic heterocycles. The Balaban J connectivity index is 2.71. The number of hydrogen-bond acceptors (Lipinski definition) is 1. The molecule has 0 atom stereocenters. The fraction of sp³-hybridized carbons (Fsp3) is 0.412. The van der Waals surface area contributed by atoms with Crippen LogP contribution in [-0.4, -0.2) is 18.0 Å². The van der Waals surface area contributed by atoms with Crippen LogP contribution < -0.4 is 0 Å². The molecule has 0 aliphatic heterocycles. The van der Waals surface area contributed by atoms with E-state index in [4.69, 9.17) is 4.42 Å². The number of alkyl halides is 9. The predicted molar refractivity (Wildman–Crippen MR) is 90.7 cm³/mol. The van der Waals surface area contributed by atoms with E-state index in [0.29, 0.717) is 0 Å². The zero-order chi connectivity index (χ0) is 21.5. The minimum absolute atomic E-state index is 0.0635. The van der Waals surface area contributed by atoms with Crippen LogP contribution in [0, 0.1) is 3.57 Å². The van der Waals surface area contributed by atoms with Gasteiger partial charge in [0, 0.05) is 11.1 Å². The lowest BCUT2D eigenvalue weighted by atomic mass is 9.97. The van der Waals surface area contributed by atoms with Gasteiger partial charge in [0.15, 0.2) is 5.76 Å². The van der Waals surface area contributed by atoms with Crippen molar-refractivity contribution in [2.24, 2.45) is 0 Å². The van der Waals surface area contributed by atoms with Crippen LogP contribution >= 0.6 is 22.6 Å². The first-order valence-electron chi connectivity index (χ1n) is 7.77. The van der Waals surface area contributed by atoms with Crippen molar-refractivity contribution in [3.8, 4) is 11.3 Å². The summed E-state index contributed by atoms with van der Waals surface area (Å²) in [6.07, 6.45) is -7.03. The van der Waals surface area contributed by atoms with Crippen molar-refractivity contribution < 1.29 is 43.9 Å². The summed E-state index contributed by atoms with van der Waals surface area (Å²) >= 11 is 1.51. The lowest BCUT2D eigenvalue weighted by Crippen LogP contribution is -2.59. The highest BCUT2D eigenvalue weighted by Gasteiger charge is 2.83. The molecule has 0 spiro atoms. The van der Waals surface area contributed by atoms with E-state index < -0.39 is 35.3 Å². The molecule has 156 valence electrons. The molecule has 0 aliphatic rings. The molecular weight excluding hydrogens is 518 g/mol. The summed E-state index contributed by atoms with van der Waals surface area (Å²) in [6.45, 7) is 1.50. The molecule has 1 nitrogen and oxygen atoms in total. The van der Waals surface area contributed by atoms with Crippen molar-refractivity contribution >= 4 is 22.6 Å². The molecule has 0 amide bonds. The molecule has 0 bridgehead atoms. The second-order valence-electron chi connectivity index (χ2n) is 5.89. The number of hydrogen-bond donors (Lipinski definition) is 0. The largest absolute Gasteiger partial charge is 0.460 e. The monoisotopic (exact) mass is 530 g/mol. The molecule has 28 heavy (non-hydrogen) atoms. The lowest BCUT2D eigenvalue weighted by molar-refractivity contribution is -0.401. The van der Waals surface area contributed by atoms with E-state index in [9.17, 15) is 39.5 Å². The third-order valence-electron chi connectivity index (χ3n) is 3.91. The van der Waals surface area contributed by atoms with E-state index in [1.807, 2.05) is 0 Å². The van der Waals surface area contributed by atoms with E-state index in [-0.39, 0.29) is 27.7 Å². The highest BCUT2D eigenvalue weighted by molar-refractivity contribution is 14.1. The Morgan fingerprint density at radius 3 is 1.86 bits per heavy atom. The van der Waals surface area contributed by atoms with Crippen molar-refractivity contribution in [2.45, 2.75) is 43.7 Å². The second kappa shape index (κ2) is 7.45. The quantitative estimate of drug-likeness (QED) is 0.280. The topological polar surface area (TPSA) is 13.1 Å². The first-order chi connectivity index (χ1) is 12.7. The summed E-state index contributed by atoms with van der Waals surface area (Å²) < 4.78 is 125. The average Bonchev–Trinajstić information content (AvgIpc) is 2.92. The highest BCUT2D eigenvalue weighted by Crippen LogP contribution is 2.58. The van der Waals surface area contributed by atoms with Crippen LogP contribution in [0.2, 0.25) is 0 Å². The van der Waals surface area contributed by atoms with Gasteiger partial charge in [-0.1, -0.05) is 43.7 Å². The Bertz CT molecular complexity index is 825. The maximum atomic E-state index is 14.4. The normalized spacial score (nSPS) is 13.8. The molecule has 11 heteroatoms. The molecule has 1 heterocycles. The van der Waals surface area contributed by atoms with Crippen LogP contribution in [0.5, 0.6) is 0 Å². The fourth-order valence-electron chi connectivity index (χ4n) is 2.47. The van der Waals surface area contributed by atoms with E-state index in [1.54, 1.807) is 6.07 Å². The molecule has 0 saturated carbocycles. The molecule has 0 radical (unpaired) electrons. The van der Waals surface area contributed by atoms with Gasteiger partial charge in [-0.05, 0) is 29.0 Å². The Labute approximate surface area is 167 Å². The first kappa shape index (κ1) is 22.9. The lowest BCUT2D eigenvalue weighted by Gasteiger charge is -2.33. The number of halogens is 10. The molecule has 0 saturated heterocycles. The Morgan fingerprint density at radius 2 is 1.39 bits per heavy atom.